The summed E-state index contributed by atoms with van der Waals surface area (Å²) in [6.07, 6.45) is 2.45. The number of fused-ring (bicyclic) bond motifs is 1. The Bertz CT molecular complexity index is 431. The van der Waals surface area contributed by atoms with Gasteiger partial charge in [-0.1, -0.05) is 6.92 Å². The Morgan fingerprint density at radius 3 is 3.00 bits per heavy atom. The van der Waals surface area contributed by atoms with Crippen LogP contribution >= 0.6 is 23.1 Å². The average Bonchev–Trinajstić information content (AvgIpc) is 2.97. The second kappa shape index (κ2) is 4.82. The first kappa shape index (κ1) is 13.0. The van der Waals surface area contributed by atoms with E-state index < -0.39 is 0 Å². The molecule has 100 valence electrons. The number of hydrogen-bond acceptors (Lipinski definition) is 4. The van der Waals surface area contributed by atoms with E-state index in [0.29, 0.717) is 11.3 Å². The lowest BCUT2D eigenvalue weighted by atomic mass is 9.86. The van der Waals surface area contributed by atoms with Crippen LogP contribution < -0.4 is 5.73 Å². The second-order valence-electron chi connectivity index (χ2n) is 5.49. The zero-order valence-electron chi connectivity index (χ0n) is 11.2. The molecule has 2 aliphatic rings. The van der Waals surface area contributed by atoms with Crippen LogP contribution in [-0.2, 0) is 6.42 Å². The van der Waals surface area contributed by atoms with Crippen molar-refractivity contribution in [3.05, 3.63) is 21.9 Å². The highest BCUT2D eigenvalue weighted by Gasteiger charge is 2.47. The molecule has 3 rings (SSSR count). The van der Waals surface area contributed by atoms with Crippen molar-refractivity contribution in [3.8, 4) is 0 Å². The van der Waals surface area contributed by atoms with E-state index in [2.05, 4.69) is 42.0 Å². The quantitative estimate of drug-likeness (QED) is 0.904. The van der Waals surface area contributed by atoms with Gasteiger partial charge in [-0.2, -0.15) is 11.8 Å². The molecule has 0 saturated carbocycles. The van der Waals surface area contributed by atoms with Crippen LogP contribution in [0.15, 0.2) is 11.4 Å². The predicted octanol–water partition coefficient (Wildman–Crippen LogP) is 2.89. The monoisotopic (exact) mass is 282 g/mol. The van der Waals surface area contributed by atoms with Gasteiger partial charge in [-0.3, -0.25) is 4.90 Å². The summed E-state index contributed by atoms with van der Waals surface area (Å²) in [5, 5.41) is 2.90. The van der Waals surface area contributed by atoms with Crippen molar-refractivity contribution >= 4 is 23.1 Å². The Morgan fingerprint density at radius 1 is 1.50 bits per heavy atom. The third kappa shape index (κ3) is 1.77. The molecule has 1 aromatic rings. The summed E-state index contributed by atoms with van der Waals surface area (Å²) in [7, 11) is 0. The Labute approximate surface area is 118 Å². The van der Waals surface area contributed by atoms with E-state index in [1.165, 1.54) is 25.1 Å². The maximum Gasteiger partial charge on any atom is 0.0461 e. The lowest BCUT2D eigenvalue weighted by molar-refractivity contribution is 0.0509. The van der Waals surface area contributed by atoms with Crippen LogP contribution in [0.4, 0.5) is 0 Å². The van der Waals surface area contributed by atoms with Gasteiger partial charge in [-0.15, -0.1) is 11.3 Å². The topological polar surface area (TPSA) is 29.3 Å². The Hall–Kier alpha value is -0.0300. The minimum Gasteiger partial charge on any atom is -0.329 e. The first-order valence-electron chi connectivity index (χ1n) is 6.84. The molecule has 2 aliphatic heterocycles. The predicted molar refractivity (Wildman–Crippen MR) is 81.5 cm³/mol. The fraction of sp³-hybridized carbons (Fsp3) is 0.714. The van der Waals surface area contributed by atoms with Gasteiger partial charge in [0.25, 0.3) is 0 Å². The summed E-state index contributed by atoms with van der Waals surface area (Å²) < 4.78 is 0. The van der Waals surface area contributed by atoms with Crippen molar-refractivity contribution in [2.24, 2.45) is 5.73 Å². The summed E-state index contributed by atoms with van der Waals surface area (Å²) in [5.74, 6) is 1.26. The van der Waals surface area contributed by atoms with E-state index in [9.17, 15) is 0 Å². The highest BCUT2D eigenvalue weighted by Crippen LogP contribution is 2.45. The molecule has 0 aliphatic carbocycles. The van der Waals surface area contributed by atoms with Crippen LogP contribution in [0.5, 0.6) is 0 Å². The standard InChI is InChI=1S/C14H22N2S2/c1-10-12-4-7-18-13(12)3-6-16(10)14(9-15)5-8-17-11(14)2/h4,7,10-11H,3,5-6,8-9,15H2,1-2H3. The van der Waals surface area contributed by atoms with E-state index in [-0.39, 0.29) is 5.54 Å². The SMILES string of the molecule is CC1c2ccsc2CCN1C1(CN)CCSC1C. The minimum absolute atomic E-state index is 0.226. The van der Waals surface area contributed by atoms with Crippen LogP contribution in [0, 0.1) is 0 Å². The van der Waals surface area contributed by atoms with Gasteiger partial charge in [-0.05, 0) is 42.5 Å². The molecule has 1 aromatic heterocycles. The molecule has 1 fully saturated rings. The van der Waals surface area contributed by atoms with Crippen LogP contribution in [0.2, 0.25) is 0 Å². The fourth-order valence-corrected chi connectivity index (χ4v) is 6.10. The maximum absolute atomic E-state index is 6.20. The lowest BCUT2D eigenvalue weighted by Crippen LogP contribution is -2.59. The number of hydrogen-bond donors (Lipinski definition) is 1. The molecule has 0 radical (unpaired) electrons. The third-order valence-corrected chi connectivity index (χ3v) is 7.24. The number of nitrogens with zero attached hydrogens (tertiary/aromatic N) is 1. The normalized spacial score (nSPS) is 36.8. The summed E-state index contributed by atoms with van der Waals surface area (Å²) in [5.41, 5.74) is 7.97. The van der Waals surface area contributed by atoms with E-state index in [1.54, 1.807) is 10.4 Å². The molecule has 0 amide bonds. The molecule has 0 spiro atoms. The molecular weight excluding hydrogens is 260 g/mol. The highest BCUT2D eigenvalue weighted by atomic mass is 32.2. The maximum atomic E-state index is 6.20. The van der Waals surface area contributed by atoms with Gasteiger partial charge in [0.15, 0.2) is 0 Å². The summed E-state index contributed by atoms with van der Waals surface area (Å²) >= 11 is 4.01. The van der Waals surface area contributed by atoms with Gasteiger partial charge >= 0.3 is 0 Å². The second-order valence-corrected chi connectivity index (χ2v) is 7.94. The largest absolute Gasteiger partial charge is 0.329 e. The number of thioether (sulfide) groups is 1. The fourth-order valence-electron chi connectivity index (χ4n) is 3.65. The molecule has 3 heterocycles. The minimum atomic E-state index is 0.226. The highest BCUT2D eigenvalue weighted by molar-refractivity contribution is 8.00. The van der Waals surface area contributed by atoms with Gasteiger partial charge in [0.05, 0.1) is 0 Å². The van der Waals surface area contributed by atoms with Crippen molar-refractivity contribution in [2.75, 3.05) is 18.8 Å². The molecule has 18 heavy (non-hydrogen) atoms. The Balaban J connectivity index is 1.93. The first-order chi connectivity index (χ1) is 8.69. The van der Waals surface area contributed by atoms with Crippen LogP contribution in [0.25, 0.3) is 0 Å². The zero-order valence-corrected chi connectivity index (χ0v) is 12.8. The number of thiophene rings is 1. The van der Waals surface area contributed by atoms with Crippen LogP contribution in [-0.4, -0.2) is 34.5 Å². The molecule has 2 nitrogen and oxygen atoms in total. The average molecular weight is 282 g/mol. The van der Waals surface area contributed by atoms with E-state index >= 15 is 0 Å². The van der Waals surface area contributed by atoms with Gasteiger partial charge in [-0.25, -0.2) is 0 Å². The van der Waals surface area contributed by atoms with Gasteiger partial charge in [0.1, 0.15) is 0 Å². The molecule has 1 saturated heterocycles. The summed E-state index contributed by atoms with van der Waals surface area (Å²) in [6.45, 7) is 6.69. The molecule has 0 aromatic carbocycles. The van der Waals surface area contributed by atoms with Gasteiger partial charge in [0.2, 0.25) is 0 Å². The van der Waals surface area contributed by atoms with Crippen LogP contribution in [0.1, 0.15) is 36.8 Å². The Kier molecular flexibility index (Phi) is 3.47. The third-order valence-electron chi connectivity index (χ3n) is 4.86. The first-order valence-corrected chi connectivity index (χ1v) is 8.76. The zero-order chi connectivity index (χ0) is 12.8. The van der Waals surface area contributed by atoms with Crippen LogP contribution in [0.3, 0.4) is 0 Å². The lowest BCUT2D eigenvalue weighted by Gasteiger charge is -2.48. The summed E-state index contributed by atoms with van der Waals surface area (Å²) in [6, 6.07) is 2.85. The van der Waals surface area contributed by atoms with Crippen molar-refractivity contribution in [3.63, 3.8) is 0 Å². The molecule has 2 N–H and O–H groups in total. The molecular formula is C14H22N2S2. The van der Waals surface area contributed by atoms with E-state index in [4.69, 9.17) is 5.73 Å². The van der Waals surface area contributed by atoms with E-state index in [1.807, 2.05) is 11.3 Å². The Morgan fingerprint density at radius 2 is 2.33 bits per heavy atom. The number of rotatable bonds is 2. The molecule has 3 atom stereocenters. The molecule has 4 heteroatoms. The van der Waals surface area contributed by atoms with E-state index in [0.717, 1.165) is 6.54 Å². The van der Waals surface area contributed by atoms with Crippen molar-refractivity contribution in [2.45, 2.75) is 43.5 Å². The number of nitrogens with two attached hydrogens (primary N) is 1. The summed E-state index contributed by atoms with van der Waals surface area (Å²) in [4.78, 5) is 4.29. The van der Waals surface area contributed by atoms with Crippen molar-refractivity contribution < 1.29 is 0 Å². The van der Waals surface area contributed by atoms with Crippen molar-refractivity contribution in [1.82, 2.24) is 4.90 Å². The van der Waals surface area contributed by atoms with Gasteiger partial charge < -0.3 is 5.73 Å². The molecule has 3 unspecified atom stereocenters. The van der Waals surface area contributed by atoms with Crippen molar-refractivity contribution in [1.29, 1.82) is 0 Å². The van der Waals surface area contributed by atoms with Gasteiger partial charge in [0, 0.05) is 34.8 Å². The molecule has 0 bridgehead atoms. The smallest absolute Gasteiger partial charge is 0.0461 e.